The summed E-state index contributed by atoms with van der Waals surface area (Å²) in [5, 5.41) is 3.52. The van der Waals surface area contributed by atoms with Gasteiger partial charge in [0.2, 0.25) is 5.91 Å². The molecule has 4 rings (SSSR count). The van der Waals surface area contributed by atoms with Crippen molar-refractivity contribution in [2.45, 2.75) is 19.8 Å². The van der Waals surface area contributed by atoms with Crippen molar-refractivity contribution >= 4 is 28.3 Å². The van der Waals surface area contributed by atoms with E-state index in [0.717, 1.165) is 21.9 Å². The SMILES string of the molecule is COc1ccc(-c2nc(NC(=O)C3CCN(C(=O)c4ccc(F)cc4)CC3)sc2C)cc1. The van der Waals surface area contributed by atoms with E-state index < -0.39 is 0 Å². The first-order valence-electron chi connectivity index (χ1n) is 10.4. The van der Waals surface area contributed by atoms with Gasteiger partial charge in [-0.1, -0.05) is 0 Å². The second kappa shape index (κ2) is 9.48. The van der Waals surface area contributed by atoms with Crippen molar-refractivity contribution in [1.29, 1.82) is 0 Å². The third-order valence-corrected chi connectivity index (χ3v) is 6.52. The highest BCUT2D eigenvalue weighted by Gasteiger charge is 2.28. The van der Waals surface area contributed by atoms with Crippen molar-refractivity contribution in [3.63, 3.8) is 0 Å². The van der Waals surface area contributed by atoms with Crippen molar-refractivity contribution in [1.82, 2.24) is 9.88 Å². The van der Waals surface area contributed by atoms with Gasteiger partial charge < -0.3 is 15.0 Å². The number of nitrogens with zero attached hydrogens (tertiary/aromatic N) is 2. The van der Waals surface area contributed by atoms with Crippen LogP contribution in [0.25, 0.3) is 11.3 Å². The van der Waals surface area contributed by atoms with E-state index in [9.17, 15) is 14.0 Å². The maximum absolute atomic E-state index is 13.1. The number of halogens is 1. The summed E-state index contributed by atoms with van der Waals surface area (Å²) in [6, 6.07) is 13.2. The van der Waals surface area contributed by atoms with Gasteiger partial charge in [-0.25, -0.2) is 9.37 Å². The highest BCUT2D eigenvalue weighted by atomic mass is 32.1. The first kappa shape index (κ1) is 22.0. The lowest BCUT2D eigenvalue weighted by molar-refractivity contribution is -0.121. The van der Waals surface area contributed by atoms with E-state index in [1.54, 1.807) is 12.0 Å². The molecule has 2 heterocycles. The van der Waals surface area contributed by atoms with Crippen LogP contribution in [-0.4, -0.2) is 41.9 Å². The van der Waals surface area contributed by atoms with Crippen LogP contribution >= 0.6 is 11.3 Å². The molecule has 8 heteroatoms. The Bertz CT molecular complexity index is 1100. The number of aryl methyl sites for hydroxylation is 1. The van der Waals surface area contributed by atoms with Crippen molar-refractivity contribution < 1.29 is 18.7 Å². The van der Waals surface area contributed by atoms with Crippen molar-refractivity contribution in [3.8, 4) is 17.0 Å². The number of methoxy groups -OCH3 is 1. The third kappa shape index (κ3) is 4.80. The number of carbonyl (C=O) groups excluding carboxylic acids is 2. The smallest absolute Gasteiger partial charge is 0.253 e. The molecule has 0 unspecified atom stereocenters. The van der Waals surface area contributed by atoms with Gasteiger partial charge in [-0.3, -0.25) is 9.59 Å². The lowest BCUT2D eigenvalue weighted by Crippen LogP contribution is -2.41. The van der Waals surface area contributed by atoms with E-state index in [-0.39, 0.29) is 23.5 Å². The van der Waals surface area contributed by atoms with Gasteiger partial charge >= 0.3 is 0 Å². The maximum Gasteiger partial charge on any atom is 0.253 e. The average molecular weight is 454 g/mol. The molecule has 0 saturated carbocycles. The number of hydrogen-bond acceptors (Lipinski definition) is 5. The quantitative estimate of drug-likeness (QED) is 0.605. The minimum Gasteiger partial charge on any atom is -0.497 e. The van der Waals surface area contributed by atoms with Gasteiger partial charge in [0.05, 0.1) is 12.8 Å². The van der Waals surface area contributed by atoms with Gasteiger partial charge in [0.15, 0.2) is 5.13 Å². The van der Waals surface area contributed by atoms with Gasteiger partial charge in [-0.2, -0.15) is 0 Å². The van der Waals surface area contributed by atoms with E-state index in [1.165, 1.54) is 35.6 Å². The van der Waals surface area contributed by atoms with Crippen molar-refractivity contribution in [3.05, 3.63) is 64.8 Å². The predicted octanol–water partition coefficient (Wildman–Crippen LogP) is 4.76. The molecule has 2 amide bonds. The van der Waals surface area contributed by atoms with Gasteiger partial charge in [-0.15, -0.1) is 11.3 Å². The molecule has 0 atom stereocenters. The van der Waals surface area contributed by atoms with Gasteiger partial charge in [0.25, 0.3) is 5.91 Å². The van der Waals surface area contributed by atoms with Crippen LogP contribution in [-0.2, 0) is 4.79 Å². The largest absolute Gasteiger partial charge is 0.497 e. The summed E-state index contributed by atoms with van der Waals surface area (Å²) in [6.45, 7) is 2.96. The molecule has 0 bridgehead atoms. The Hall–Kier alpha value is -3.26. The number of likely N-dealkylation sites (tertiary alicyclic amines) is 1. The summed E-state index contributed by atoms with van der Waals surface area (Å²) in [4.78, 5) is 32.7. The number of hydrogen-bond donors (Lipinski definition) is 1. The van der Waals surface area contributed by atoms with Crippen LogP contribution in [0.1, 0.15) is 28.1 Å². The number of ether oxygens (including phenoxy) is 1. The van der Waals surface area contributed by atoms with E-state index in [4.69, 9.17) is 4.74 Å². The number of rotatable bonds is 5. The zero-order valence-corrected chi connectivity index (χ0v) is 18.7. The Balaban J connectivity index is 1.35. The molecule has 0 spiro atoms. The minimum absolute atomic E-state index is 0.0751. The first-order valence-corrected chi connectivity index (χ1v) is 11.2. The highest BCUT2D eigenvalue weighted by molar-refractivity contribution is 7.16. The molecule has 1 saturated heterocycles. The van der Waals surface area contributed by atoms with E-state index in [1.807, 2.05) is 31.2 Å². The molecule has 0 aliphatic carbocycles. The zero-order valence-electron chi connectivity index (χ0n) is 17.9. The molecule has 2 aromatic carbocycles. The molecule has 1 aliphatic heterocycles. The molecule has 3 aromatic rings. The van der Waals surface area contributed by atoms with Crippen molar-refractivity contribution in [2.75, 3.05) is 25.5 Å². The van der Waals surface area contributed by atoms with Crippen LogP contribution < -0.4 is 10.1 Å². The average Bonchev–Trinajstić information content (AvgIpc) is 3.19. The Morgan fingerprint density at radius 2 is 1.75 bits per heavy atom. The van der Waals surface area contributed by atoms with Crippen LogP contribution in [0.15, 0.2) is 48.5 Å². The number of nitrogens with one attached hydrogen (secondary N) is 1. The molecule has 32 heavy (non-hydrogen) atoms. The lowest BCUT2D eigenvalue weighted by atomic mass is 9.95. The second-order valence-electron chi connectivity index (χ2n) is 7.71. The number of piperidine rings is 1. The Morgan fingerprint density at radius 1 is 1.09 bits per heavy atom. The molecule has 166 valence electrons. The Kier molecular flexibility index (Phi) is 6.50. The molecule has 1 aromatic heterocycles. The summed E-state index contributed by atoms with van der Waals surface area (Å²) >= 11 is 1.45. The number of aromatic nitrogens is 1. The van der Waals surface area contributed by atoms with Crippen LogP contribution in [0.2, 0.25) is 0 Å². The maximum atomic E-state index is 13.1. The van der Waals surface area contributed by atoms with Crippen LogP contribution in [0, 0.1) is 18.7 Å². The minimum atomic E-state index is -0.371. The summed E-state index contributed by atoms with van der Waals surface area (Å²) < 4.78 is 18.3. The number of amides is 2. The van der Waals surface area contributed by atoms with Crippen LogP contribution in [0.4, 0.5) is 9.52 Å². The van der Waals surface area contributed by atoms with E-state index >= 15 is 0 Å². The fraction of sp³-hybridized carbons (Fsp3) is 0.292. The third-order valence-electron chi connectivity index (χ3n) is 5.63. The molecule has 1 N–H and O–H groups in total. The number of thiazole rings is 1. The van der Waals surface area contributed by atoms with E-state index in [0.29, 0.717) is 36.6 Å². The topological polar surface area (TPSA) is 71.5 Å². The lowest BCUT2D eigenvalue weighted by Gasteiger charge is -2.31. The fourth-order valence-electron chi connectivity index (χ4n) is 3.79. The van der Waals surface area contributed by atoms with Gasteiger partial charge in [-0.05, 0) is 68.3 Å². The summed E-state index contributed by atoms with van der Waals surface area (Å²) in [5.41, 5.74) is 2.26. The van der Waals surface area contributed by atoms with Crippen LogP contribution in [0.5, 0.6) is 5.75 Å². The molecular weight excluding hydrogens is 429 g/mol. The van der Waals surface area contributed by atoms with Gasteiger partial charge in [0, 0.05) is 35.0 Å². The normalized spacial score (nSPS) is 14.3. The predicted molar refractivity (Wildman–Crippen MR) is 122 cm³/mol. The zero-order chi connectivity index (χ0) is 22.7. The van der Waals surface area contributed by atoms with Gasteiger partial charge in [0.1, 0.15) is 11.6 Å². The summed E-state index contributed by atoms with van der Waals surface area (Å²) in [5.74, 6) is 0.0160. The molecule has 1 fully saturated rings. The molecule has 6 nitrogen and oxygen atoms in total. The Morgan fingerprint density at radius 3 is 2.38 bits per heavy atom. The number of anilines is 1. The highest BCUT2D eigenvalue weighted by Crippen LogP contribution is 2.32. The molecular formula is C24H24FN3O3S. The number of carbonyl (C=O) groups is 2. The fourth-order valence-corrected chi connectivity index (χ4v) is 4.63. The standard InChI is InChI=1S/C24H24FN3O3S/c1-15-21(16-5-9-20(31-2)10-6-16)26-24(32-15)27-22(29)17-11-13-28(14-12-17)23(30)18-3-7-19(25)8-4-18/h3-10,17H,11-14H2,1-2H3,(H,26,27,29). The number of benzene rings is 2. The summed E-state index contributed by atoms with van der Waals surface area (Å²) in [7, 11) is 1.62. The summed E-state index contributed by atoms with van der Waals surface area (Å²) in [6.07, 6.45) is 1.16. The molecule has 0 radical (unpaired) electrons. The monoisotopic (exact) mass is 453 g/mol. The van der Waals surface area contributed by atoms with E-state index in [2.05, 4.69) is 10.3 Å². The van der Waals surface area contributed by atoms with Crippen LogP contribution in [0.3, 0.4) is 0 Å². The molecule has 1 aliphatic rings. The second-order valence-corrected chi connectivity index (χ2v) is 8.92. The van der Waals surface area contributed by atoms with Crippen molar-refractivity contribution in [2.24, 2.45) is 5.92 Å². The first-order chi connectivity index (χ1) is 15.4. The Labute approximate surface area is 190 Å².